The number of hydrogen-bond donors (Lipinski definition) is 1. The highest BCUT2D eigenvalue weighted by atomic mass is 19.4. The zero-order chi connectivity index (χ0) is 21.9. The van der Waals surface area contributed by atoms with Gasteiger partial charge in [-0.1, -0.05) is 0 Å². The number of ether oxygens (including phenoxy) is 2. The largest absolute Gasteiger partial charge is 0.497 e. The molecule has 0 unspecified atom stereocenters. The van der Waals surface area contributed by atoms with Crippen molar-refractivity contribution in [3.63, 3.8) is 0 Å². The highest BCUT2D eigenvalue weighted by Crippen LogP contribution is 2.27. The number of aromatic nitrogens is 4. The Bertz CT molecular complexity index is 1050. The first-order valence-electron chi connectivity index (χ1n) is 9.02. The molecular weight excluding hydrogens is 403 g/mol. The minimum Gasteiger partial charge on any atom is -0.497 e. The van der Waals surface area contributed by atoms with Gasteiger partial charge in [-0.25, -0.2) is 9.50 Å². The number of rotatable bonds is 7. The topological polar surface area (TPSA) is 90.6 Å². The Hall–Kier alpha value is -3.37. The second-order valence-electron chi connectivity index (χ2n) is 6.46. The number of halogens is 3. The summed E-state index contributed by atoms with van der Waals surface area (Å²) in [7, 11) is 1.57. The lowest BCUT2D eigenvalue weighted by molar-refractivity contribution is -0.144. The van der Waals surface area contributed by atoms with Gasteiger partial charge in [-0.2, -0.15) is 18.2 Å². The maximum absolute atomic E-state index is 12.9. The lowest BCUT2D eigenvalue weighted by atomic mass is 10.1. The van der Waals surface area contributed by atoms with Gasteiger partial charge < -0.3 is 14.8 Å². The normalized spacial score (nSPS) is 11.5. The standard InChI is InChI=1S/C19H20F3N5O3/c1-11-15(12(2)27-18(24-11)25-17(26-27)19(20,21)22)10-16(28)23-8-9-30-14-6-4-13(29-3)5-7-14/h4-7H,8-10H2,1-3H3,(H,23,28). The molecule has 30 heavy (non-hydrogen) atoms. The van der Waals surface area contributed by atoms with Crippen LogP contribution in [0, 0.1) is 13.8 Å². The van der Waals surface area contributed by atoms with Crippen LogP contribution >= 0.6 is 0 Å². The monoisotopic (exact) mass is 423 g/mol. The van der Waals surface area contributed by atoms with Crippen LogP contribution in [0.4, 0.5) is 13.2 Å². The summed E-state index contributed by atoms with van der Waals surface area (Å²) in [6.45, 7) is 3.71. The zero-order valence-corrected chi connectivity index (χ0v) is 16.6. The summed E-state index contributed by atoms with van der Waals surface area (Å²) in [6, 6.07) is 7.02. The van der Waals surface area contributed by atoms with E-state index in [4.69, 9.17) is 9.47 Å². The average molecular weight is 423 g/mol. The molecule has 0 atom stereocenters. The first-order chi connectivity index (χ1) is 14.2. The molecule has 160 valence electrons. The van der Waals surface area contributed by atoms with Gasteiger partial charge in [-0.15, -0.1) is 5.10 Å². The lowest BCUT2D eigenvalue weighted by Gasteiger charge is -2.11. The van der Waals surface area contributed by atoms with Crippen LogP contribution in [0.15, 0.2) is 24.3 Å². The smallest absolute Gasteiger partial charge is 0.453 e. The number of amides is 1. The molecule has 0 spiro atoms. The van der Waals surface area contributed by atoms with Crippen LogP contribution in [0.2, 0.25) is 0 Å². The van der Waals surface area contributed by atoms with Crippen LogP contribution < -0.4 is 14.8 Å². The predicted octanol–water partition coefficient (Wildman–Crippen LogP) is 2.51. The lowest BCUT2D eigenvalue weighted by Crippen LogP contribution is -2.30. The van der Waals surface area contributed by atoms with Gasteiger partial charge in [0, 0.05) is 17.0 Å². The maximum atomic E-state index is 12.9. The van der Waals surface area contributed by atoms with Crippen molar-refractivity contribution in [2.75, 3.05) is 20.3 Å². The first-order valence-corrected chi connectivity index (χ1v) is 9.02. The molecule has 0 saturated heterocycles. The summed E-state index contributed by atoms with van der Waals surface area (Å²) in [4.78, 5) is 19.7. The molecule has 1 N–H and O–H groups in total. The minimum atomic E-state index is -4.67. The van der Waals surface area contributed by atoms with Crippen LogP contribution in [0.5, 0.6) is 11.5 Å². The van der Waals surface area contributed by atoms with E-state index in [0.717, 1.165) is 4.52 Å². The average Bonchev–Trinajstić information content (AvgIpc) is 3.13. The van der Waals surface area contributed by atoms with E-state index in [1.165, 1.54) is 0 Å². The van der Waals surface area contributed by atoms with Crippen molar-refractivity contribution < 1.29 is 27.4 Å². The molecule has 1 aromatic carbocycles. The van der Waals surface area contributed by atoms with Gasteiger partial charge in [-0.3, -0.25) is 4.79 Å². The molecule has 3 aromatic rings. The number of fused-ring (bicyclic) bond motifs is 1. The molecule has 0 radical (unpaired) electrons. The van der Waals surface area contributed by atoms with Gasteiger partial charge in [-0.05, 0) is 38.1 Å². The van der Waals surface area contributed by atoms with Gasteiger partial charge in [0.15, 0.2) is 0 Å². The third kappa shape index (κ3) is 4.78. The quantitative estimate of drug-likeness (QED) is 0.588. The van der Waals surface area contributed by atoms with E-state index in [2.05, 4.69) is 20.4 Å². The van der Waals surface area contributed by atoms with E-state index in [9.17, 15) is 18.0 Å². The molecule has 0 aliphatic heterocycles. The Morgan fingerprint density at radius 2 is 1.80 bits per heavy atom. The number of carbonyl (C=O) groups is 1. The molecule has 0 aliphatic carbocycles. The molecule has 1 amide bonds. The van der Waals surface area contributed by atoms with Crippen molar-refractivity contribution in [2.45, 2.75) is 26.4 Å². The zero-order valence-electron chi connectivity index (χ0n) is 16.6. The Kier molecular flexibility index (Phi) is 6.09. The SMILES string of the molecule is COc1ccc(OCCNC(=O)Cc2c(C)nc3nc(C(F)(F)F)nn3c2C)cc1. The number of alkyl halides is 3. The summed E-state index contributed by atoms with van der Waals surface area (Å²) in [5, 5.41) is 6.19. The molecule has 0 aliphatic rings. The van der Waals surface area contributed by atoms with E-state index in [1.54, 1.807) is 45.2 Å². The number of hydrogen-bond acceptors (Lipinski definition) is 6. The van der Waals surface area contributed by atoms with Crippen LogP contribution in [-0.2, 0) is 17.4 Å². The van der Waals surface area contributed by atoms with Crippen LogP contribution in [0.3, 0.4) is 0 Å². The number of methoxy groups -OCH3 is 1. The van der Waals surface area contributed by atoms with Crippen molar-refractivity contribution in [1.82, 2.24) is 24.9 Å². The summed E-state index contributed by atoms with van der Waals surface area (Å²) >= 11 is 0. The fourth-order valence-electron chi connectivity index (χ4n) is 2.84. The number of nitrogens with zero attached hydrogens (tertiary/aromatic N) is 4. The summed E-state index contributed by atoms with van der Waals surface area (Å²) in [6.07, 6.45) is -4.72. The number of aryl methyl sites for hydroxylation is 2. The first kappa shape index (κ1) is 21.3. The van der Waals surface area contributed by atoms with Crippen molar-refractivity contribution in [2.24, 2.45) is 0 Å². The number of nitrogens with one attached hydrogen (secondary N) is 1. The van der Waals surface area contributed by atoms with Crippen LogP contribution in [0.25, 0.3) is 5.78 Å². The van der Waals surface area contributed by atoms with Crippen molar-refractivity contribution >= 4 is 11.7 Å². The Labute approximate surface area is 170 Å². The Morgan fingerprint density at radius 3 is 2.43 bits per heavy atom. The second-order valence-corrected chi connectivity index (χ2v) is 6.46. The van der Waals surface area contributed by atoms with Crippen LogP contribution in [-0.4, -0.2) is 45.8 Å². The third-order valence-corrected chi connectivity index (χ3v) is 4.39. The van der Waals surface area contributed by atoms with E-state index < -0.39 is 12.0 Å². The number of carbonyl (C=O) groups excluding carboxylic acids is 1. The second kappa shape index (κ2) is 8.56. The molecular formula is C19H20F3N5O3. The number of benzene rings is 1. The van der Waals surface area contributed by atoms with Crippen molar-refractivity contribution in [3.05, 3.63) is 47.0 Å². The summed E-state index contributed by atoms with van der Waals surface area (Å²) < 4.78 is 50.2. The van der Waals surface area contributed by atoms with Crippen molar-refractivity contribution in [3.8, 4) is 11.5 Å². The Morgan fingerprint density at radius 1 is 1.13 bits per heavy atom. The van der Waals surface area contributed by atoms with Gasteiger partial charge >= 0.3 is 6.18 Å². The molecule has 11 heteroatoms. The molecule has 2 aromatic heterocycles. The molecule has 0 saturated carbocycles. The van der Waals surface area contributed by atoms with Gasteiger partial charge in [0.05, 0.1) is 20.1 Å². The molecule has 2 heterocycles. The third-order valence-electron chi connectivity index (χ3n) is 4.39. The van der Waals surface area contributed by atoms with E-state index >= 15 is 0 Å². The van der Waals surface area contributed by atoms with E-state index in [1.807, 2.05) is 0 Å². The molecule has 8 nitrogen and oxygen atoms in total. The summed E-state index contributed by atoms with van der Waals surface area (Å²) in [5.74, 6) is -0.388. The van der Waals surface area contributed by atoms with E-state index in [0.29, 0.717) is 28.5 Å². The fraction of sp³-hybridized carbons (Fsp3) is 0.368. The molecule has 0 bridgehead atoms. The molecule has 0 fully saturated rings. The fourth-order valence-corrected chi connectivity index (χ4v) is 2.84. The van der Waals surface area contributed by atoms with Crippen LogP contribution in [0.1, 0.15) is 22.8 Å². The molecule has 3 rings (SSSR count). The predicted molar refractivity (Wildman–Crippen MR) is 100 cm³/mol. The highest BCUT2D eigenvalue weighted by molar-refractivity contribution is 5.79. The highest BCUT2D eigenvalue weighted by Gasteiger charge is 2.37. The Balaban J connectivity index is 1.60. The maximum Gasteiger partial charge on any atom is 0.453 e. The van der Waals surface area contributed by atoms with E-state index in [-0.39, 0.29) is 31.3 Å². The van der Waals surface area contributed by atoms with Gasteiger partial charge in [0.25, 0.3) is 11.6 Å². The minimum absolute atomic E-state index is 0.0512. The van der Waals surface area contributed by atoms with Gasteiger partial charge in [0.1, 0.15) is 18.1 Å². The summed E-state index contributed by atoms with van der Waals surface area (Å²) in [5.41, 5.74) is 1.30. The van der Waals surface area contributed by atoms with Gasteiger partial charge in [0.2, 0.25) is 5.91 Å². The van der Waals surface area contributed by atoms with Crippen molar-refractivity contribution in [1.29, 1.82) is 0 Å².